The van der Waals surface area contributed by atoms with Crippen molar-refractivity contribution in [3.05, 3.63) is 60.8 Å². The summed E-state index contributed by atoms with van der Waals surface area (Å²) in [5.74, 6) is 1.20. The molecule has 1 atom stereocenters. The molecule has 2 amide bonds. The summed E-state index contributed by atoms with van der Waals surface area (Å²) in [5, 5.41) is 3.10. The number of nitrogens with one attached hydrogen (secondary N) is 2. The number of piperidine rings is 1. The third kappa shape index (κ3) is 4.01. The van der Waals surface area contributed by atoms with Gasteiger partial charge in [-0.25, -0.2) is 9.78 Å². The predicted octanol–water partition coefficient (Wildman–Crippen LogP) is 4.19. The summed E-state index contributed by atoms with van der Waals surface area (Å²) >= 11 is 0. The smallest absolute Gasteiger partial charge is 0.317 e. The Bertz CT molecular complexity index is 995. The van der Waals surface area contributed by atoms with Crippen molar-refractivity contribution in [2.45, 2.75) is 37.6 Å². The number of aromatic amines is 1. The summed E-state index contributed by atoms with van der Waals surface area (Å²) in [6.45, 7) is 1.54. The summed E-state index contributed by atoms with van der Waals surface area (Å²) in [5.41, 5.74) is 4.21. The Morgan fingerprint density at radius 3 is 2.69 bits per heavy atom. The highest BCUT2D eigenvalue weighted by molar-refractivity contribution is 5.75. The number of pyridine rings is 1. The Morgan fingerprint density at radius 1 is 1.03 bits per heavy atom. The molecule has 1 saturated heterocycles. The lowest BCUT2D eigenvalue weighted by atomic mass is 9.97. The van der Waals surface area contributed by atoms with E-state index >= 15 is 0 Å². The van der Waals surface area contributed by atoms with E-state index < -0.39 is 0 Å². The van der Waals surface area contributed by atoms with Gasteiger partial charge in [-0.1, -0.05) is 30.3 Å². The molecule has 6 nitrogen and oxygen atoms in total. The van der Waals surface area contributed by atoms with Crippen LogP contribution in [0.2, 0.25) is 0 Å². The number of hydrogen-bond acceptors (Lipinski definition) is 3. The minimum absolute atomic E-state index is 0.0729. The molecule has 1 aliphatic heterocycles. The average Bonchev–Trinajstić information content (AvgIpc) is 3.46. The maximum absolute atomic E-state index is 12.4. The van der Waals surface area contributed by atoms with Crippen LogP contribution in [-0.4, -0.2) is 45.0 Å². The number of aromatic nitrogens is 3. The topological polar surface area (TPSA) is 73.9 Å². The quantitative estimate of drug-likeness (QED) is 0.705. The van der Waals surface area contributed by atoms with Crippen LogP contribution in [0.1, 0.15) is 37.4 Å². The van der Waals surface area contributed by atoms with Gasteiger partial charge in [0.2, 0.25) is 0 Å². The zero-order valence-electron chi connectivity index (χ0n) is 16.3. The summed E-state index contributed by atoms with van der Waals surface area (Å²) < 4.78 is 0. The number of imidazole rings is 1. The predicted molar refractivity (Wildman–Crippen MR) is 112 cm³/mol. The third-order valence-electron chi connectivity index (χ3n) is 5.75. The molecule has 0 unspecified atom stereocenters. The van der Waals surface area contributed by atoms with Gasteiger partial charge in [0.05, 0.1) is 11.9 Å². The van der Waals surface area contributed by atoms with E-state index in [1.807, 2.05) is 41.7 Å². The van der Waals surface area contributed by atoms with E-state index in [-0.39, 0.29) is 11.9 Å². The normalized spacial score (nSPS) is 19.2. The molecule has 2 fully saturated rings. The van der Waals surface area contributed by atoms with Crippen LogP contribution in [-0.2, 0) is 0 Å². The lowest BCUT2D eigenvalue weighted by molar-refractivity contribution is 0.178. The molecule has 2 aromatic heterocycles. The number of carbonyl (C=O) groups is 1. The van der Waals surface area contributed by atoms with Gasteiger partial charge < -0.3 is 15.2 Å². The molecule has 6 heteroatoms. The molecule has 0 radical (unpaired) electrons. The number of urea groups is 1. The van der Waals surface area contributed by atoms with E-state index in [0.29, 0.717) is 12.6 Å². The highest BCUT2D eigenvalue weighted by Gasteiger charge is 2.30. The minimum atomic E-state index is 0.0729. The molecule has 2 N–H and O–H groups in total. The first-order valence-corrected chi connectivity index (χ1v) is 10.4. The lowest BCUT2D eigenvalue weighted by Gasteiger charge is -2.31. The molecule has 5 rings (SSSR count). The zero-order chi connectivity index (χ0) is 19.6. The molecule has 29 heavy (non-hydrogen) atoms. The molecule has 148 valence electrons. The van der Waals surface area contributed by atoms with Gasteiger partial charge in [-0.15, -0.1) is 0 Å². The Labute approximate surface area is 170 Å². The van der Waals surface area contributed by atoms with E-state index in [9.17, 15) is 4.79 Å². The summed E-state index contributed by atoms with van der Waals surface area (Å²) in [7, 11) is 0. The van der Waals surface area contributed by atoms with Crippen LogP contribution in [0.5, 0.6) is 0 Å². The van der Waals surface area contributed by atoms with Gasteiger partial charge in [0, 0.05) is 48.6 Å². The van der Waals surface area contributed by atoms with Crippen LogP contribution >= 0.6 is 0 Å². The molecule has 2 aliphatic rings. The van der Waals surface area contributed by atoms with Crippen LogP contribution in [0, 0.1) is 0 Å². The van der Waals surface area contributed by atoms with Gasteiger partial charge in [-0.3, -0.25) is 4.98 Å². The number of amides is 2. The fraction of sp³-hybridized carbons (Fsp3) is 0.348. The van der Waals surface area contributed by atoms with E-state index in [1.165, 1.54) is 0 Å². The molecule has 1 aliphatic carbocycles. The Balaban J connectivity index is 1.32. The van der Waals surface area contributed by atoms with Crippen molar-refractivity contribution in [2.75, 3.05) is 13.1 Å². The first-order valence-electron chi connectivity index (χ1n) is 10.4. The standard InChI is InChI=1S/C23H25N5O/c29-23(26-20-8-9-20)28-10-4-7-17(15-28)22-25-14-21(27-22)19-11-18(12-24-13-19)16-5-2-1-3-6-16/h1-3,5-6,11-14,17,20H,4,7-10,15H2,(H,25,27)(H,26,29)/t17-/m1/s1. The van der Waals surface area contributed by atoms with Gasteiger partial charge in [0.25, 0.3) is 0 Å². The lowest BCUT2D eigenvalue weighted by Crippen LogP contribution is -2.45. The largest absolute Gasteiger partial charge is 0.342 e. The first-order chi connectivity index (χ1) is 14.3. The number of hydrogen-bond donors (Lipinski definition) is 2. The maximum atomic E-state index is 12.4. The number of carbonyl (C=O) groups excluding carboxylic acids is 1. The number of H-pyrrole nitrogens is 1. The highest BCUT2D eigenvalue weighted by Crippen LogP contribution is 2.29. The number of benzene rings is 1. The zero-order valence-corrected chi connectivity index (χ0v) is 16.3. The van der Waals surface area contributed by atoms with Gasteiger partial charge >= 0.3 is 6.03 Å². The molecular formula is C23H25N5O. The molecule has 1 aromatic carbocycles. The van der Waals surface area contributed by atoms with Crippen LogP contribution < -0.4 is 5.32 Å². The number of likely N-dealkylation sites (tertiary alicyclic amines) is 1. The fourth-order valence-corrected chi connectivity index (χ4v) is 3.94. The van der Waals surface area contributed by atoms with Crippen molar-refractivity contribution in [3.8, 4) is 22.4 Å². The van der Waals surface area contributed by atoms with Gasteiger partial charge in [-0.05, 0) is 37.3 Å². The van der Waals surface area contributed by atoms with Gasteiger partial charge in [0.15, 0.2) is 0 Å². The van der Waals surface area contributed by atoms with E-state index in [0.717, 1.165) is 60.4 Å². The van der Waals surface area contributed by atoms with Crippen LogP contribution in [0.25, 0.3) is 22.4 Å². The minimum Gasteiger partial charge on any atom is -0.342 e. The molecule has 0 bridgehead atoms. The second kappa shape index (κ2) is 7.70. The van der Waals surface area contributed by atoms with Gasteiger partial charge in [-0.2, -0.15) is 0 Å². The average molecular weight is 387 g/mol. The second-order valence-corrected chi connectivity index (χ2v) is 8.02. The maximum Gasteiger partial charge on any atom is 0.317 e. The van der Waals surface area contributed by atoms with E-state index in [1.54, 1.807) is 0 Å². The fourth-order valence-electron chi connectivity index (χ4n) is 3.94. The Morgan fingerprint density at radius 2 is 1.86 bits per heavy atom. The van der Waals surface area contributed by atoms with Crippen molar-refractivity contribution in [2.24, 2.45) is 0 Å². The molecular weight excluding hydrogens is 362 g/mol. The second-order valence-electron chi connectivity index (χ2n) is 8.02. The summed E-state index contributed by atoms with van der Waals surface area (Å²) in [6.07, 6.45) is 9.89. The molecule has 3 aromatic rings. The molecule has 1 saturated carbocycles. The Hall–Kier alpha value is -3.15. The third-order valence-corrected chi connectivity index (χ3v) is 5.75. The molecule has 3 heterocycles. The van der Waals surface area contributed by atoms with Crippen molar-refractivity contribution in [1.29, 1.82) is 0 Å². The summed E-state index contributed by atoms with van der Waals surface area (Å²) in [4.78, 5) is 26.9. The SMILES string of the molecule is O=C(NC1CC1)N1CCC[C@@H](c2ncc(-c3cncc(-c4ccccc4)c3)[nH]2)C1. The van der Waals surface area contributed by atoms with Crippen molar-refractivity contribution >= 4 is 6.03 Å². The first kappa shape index (κ1) is 17.9. The van der Waals surface area contributed by atoms with E-state index in [4.69, 9.17) is 0 Å². The van der Waals surface area contributed by atoms with Crippen molar-refractivity contribution in [3.63, 3.8) is 0 Å². The monoisotopic (exact) mass is 387 g/mol. The van der Waals surface area contributed by atoms with Gasteiger partial charge in [0.1, 0.15) is 5.82 Å². The van der Waals surface area contributed by atoms with Crippen molar-refractivity contribution < 1.29 is 4.79 Å². The van der Waals surface area contributed by atoms with Crippen LogP contribution in [0.3, 0.4) is 0 Å². The van der Waals surface area contributed by atoms with Crippen molar-refractivity contribution in [1.82, 2.24) is 25.2 Å². The Kier molecular flexibility index (Phi) is 4.76. The van der Waals surface area contributed by atoms with E-state index in [2.05, 4.69) is 38.5 Å². The summed E-state index contributed by atoms with van der Waals surface area (Å²) in [6, 6.07) is 12.8. The number of nitrogens with zero attached hydrogens (tertiary/aromatic N) is 3. The molecule has 0 spiro atoms. The highest BCUT2D eigenvalue weighted by atomic mass is 16.2. The van der Waals surface area contributed by atoms with Crippen LogP contribution in [0.4, 0.5) is 4.79 Å². The van der Waals surface area contributed by atoms with Crippen LogP contribution in [0.15, 0.2) is 55.0 Å². The number of rotatable bonds is 4.